The Bertz CT molecular complexity index is 667. The second-order valence-corrected chi connectivity index (χ2v) is 5.93. The maximum Gasteiger partial charge on any atom is 0.251 e. The van der Waals surface area contributed by atoms with Gasteiger partial charge in [0.25, 0.3) is 5.91 Å². The minimum absolute atomic E-state index is 0. The first-order valence-corrected chi connectivity index (χ1v) is 8.34. The van der Waals surface area contributed by atoms with E-state index in [4.69, 9.17) is 4.74 Å². The van der Waals surface area contributed by atoms with Gasteiger partial charge < -0.3 is 15.4 Å². The molecule has 0 saturated carbocycles. The van der Waals surface area contributed by atoms with Gasteiger partial charge in [-0.05, 0) is 56.5 Å². The van der Waals surface area contributed by atoms with Crippen LogP contribution < -0.4 is 15.4 Å². The van der Waals surface area contributed by atoms with Crippen molar-refractivity contribution in [3.8, 4) is 11.6 Å². The molecule has 1 fully saturated rings. The smallest absolute Gasteiger partial charge is 0.251 e. The highest BCUT2D eigenvalue weighted by molar-refractivity contribution is 5.94. The average molecular weight is 399 g/mol. The first-order chi connectivity index (χ1) is 11.8. The number of nitrogens with one attached hydrogen (secondary N) is 2. The molecule has 0 bridgehead atoms. The van der Waals surface area contributed by atoms with E-state index in [0.29, 0.717) is 29.7 Å². The van der Waals surface area contributed by atoms with Crippen LogP contribution in [-0.4, -0.2) is 35.5 Å². The van der Waals surface area contributed by atoms with E-state index < -0.39 is 0 Å². The summed E-state index contributed by atoms with van der Waals surface area (Å²) in [6, 6.07) is 7.08. The molecule has 3 rings (SSSR count). The summed E-state index contributed by atoms with van der Waals surface area (Å²) in [5.74, 6) is 1.55. The second-order valence-electron chi connectivity index (χ2n) is 5.93. The number of carbonyl (C=O) groups excluding carboxylic acids is 1. The van der Waals surface area contributed by atoms with E-state index in [1.807, 2.05) is 0 Å². The van der Waals surface area contributed by atoms with E-state index in [-0.39, 0.29) is 30.7 Å². The van der Waals surface area contributed by atoms with Crippen LogP contribution in [0.25, 0.3) is 0 Å². The van der Waals surface area contributed by atoms with Crippen LogP contribution in [0.1, 0.15) is 29.6 Å². The summed E-state index contributed by atoms with van der Waals surface area (Å²) in [7, 11) is 0. The van der Waals surface area contributed by atoms with Gasteiger partial charge in [-0.2, -0.15) is 0 Å². The predicted octanol–water partition coefficient (Wildman–Crippen LogP) is 3.23. The zero-order valence-corrected chi connectivity index (χ0v) is 16.0. The van der Waals surface area contributed by atoms with Crippen LogP contribution in [0.15, 0.2) is 42.9 Å². The van der Waals surface area contributed by atoms with Gasteiger partial charge in [0, 0.05) is 24.5 Å². The Morgan fingerprint density at radius 3 is 2.92 bits per heavy atom. The number of ether oxygens (including phenoxy) is 1. The molecule has 1 aliphatic rings. The quantitative estimate of drug-likeness (QED) is 0.780. The molecule has 1 unspecified atom stereocenters. The van der Waals surface area contributed by atoms with Crippen molar-refractivity contribution in [1.82, 2.24) is 20.6 Å². The number of benzene rings is 1. The molecule has 1 aromatic heterocycles. The van der Waals surface area contributed by atoms with Gasteiger partial charge in [-0.1, -0.05) is 6.07 Å². The molecular formula is C18H24Cl2N4O2. The van der Waals surface area contributed by atoms with Gasteiger partial charge >= 0.3 is 0 Å². The number of nitrogens with zero attached hydrogens (tertiary/aromatic N) is 2. The molecule has 0 aliphatic carbocycles. The van der Waals surface area contributed by atoms with Crippen LogP contribution in [-0.2, 0) is 0 Å². The maximum atomic E-state index is 12.3. The Morgan fingerprint density at radius 1 is 1.31 bits per heavy atom. The first-order valence-electron chi connectivity index (χ1n) is 8.34. The normalized spacial score (nSPS) is 15.9. The summed E-state index contributed by atoms with van der Waals surface area (Å²) in [5, 5.41) is 6.38. The zero-order chi connectivity index (χ0) is 16.6. The zero-order valence-electron chi connectivity index (χ0n) is 14.4. The largest absolute Gasteiger partial charge is 0.437 e. The van der Waals surface area contributed by atoms with Gasteiger partial charge in [-0.25, -0.2) is 4.98 Å². The van der Waals surface area contributed by atoms with Crippen LogP contribution in [0, 0.1) is 5.92 Å². The summed E-state index contributed by atoms with van der Waals surface area (Å²) >= 11 is 0. The summed E-state index contributed by atoms with van der Waals surface area (Å²) in [4.78, 5) is 20.3. The maximum absolute atomic E-state index is 12.3. The molecule has 0 radical (unpaired) electrons. The number of rotatable bonds is 6. The molecule has 1 amide bonds. The van der Waals surface area contributed by atoms with Gasteiger partial charge in [-0.3, -0.25) is 9.78 Å². The third-order valence-electron chi connectivity index (χ3n) is 4.10. The van der Waals surface area contributed by atoms with Crippen LogP contribution in [0.3, 0.4) is 0 Å². The number of hydrogen-bond donors (Lipinski definition) is 2. The van der Waals surface area contributed by atoms with Gasteiger partial charge in [0.2, 0.25) is 5.88 Å². The highest BCUT2D eigenvalue weighted by atomic mass is 35.5. The van der Waals surface area contributed by atoms with Crippen LogP contribution in [0.5, 0.6) is 11.6 Å². The SMILES string of the molecule is Cl.Cl.O=C(NCCC1CCCNC1)c1cccc(Oc2cnccn2)c1. The number of amides is 1. The van der Waals surface area contributed by atoms with Crippen molar-refractivity contribution < 1.29 is 9.53 Å². The van der Waals surface area contributed by atoms with Crippen molar-refractivity contribution in [2.24, 2.45) is 5.92 Å². The number of aromatic nitrogens is 2. The average Bonchev–Trinajstić information content (AvgIpc) is 2.64. The molecule has 2 heterocycles. The van der Waals surface area contributed by atoms with Crippen LogP contribution in [0.4, 0.5) is 0 Å². The molecule has 1 saturated heterocycles. The van der Waals surface area contributed by atoms with Crippen LogP contribution in [0.2, 0.25) is 0 Å². The highest BCUT2D eigenvalue weighted by Gasteiger charge is 2.13. The third kappa shape index (κ3) is 6.78. The lowest BCUT2D eigenvalue weighted by molar-refractivity contribution is 0.0950. The van der Waals surface area contributed by atoms with E-state index in [9.17, 15) is 4.79 Å². The Balaban J connectivity index is 0.00000169. The molecule has 6 nitrogen and oxygen atoms in total. The fourth-order valence-electron chi connectivity index (χ4n) is 2.82. The number of hydrogen-bond acceptors (Lipinski definition) is 5. The lowest BCUT2D eigenvalue weighted by atomic mass is 9.96. The molecule has 1 atom stereocenters. The number of piperidine rings is 1. The Kier molecular flexibility index (Phi) is 9.95. The summed E-state index contributed by atoms with van der Waals surface area (Å²) in [6.07, 6.45) is 8.15. The molecule has 142 valence electrons. The van der Waals surface area contributed by atoms with Crippen LogP contribution >= 0.6 is 24.8 Å². The minimum atomic E-state index is -0.0802. The van der Waals surface area contributed by atoms with E-state index in [1.165, 1.54) is 19.0 Å². The standard InChI is InChI=1S/C18H22N4O2.2ClH/c23-18(22-8-6-14-3-2-7-19-12-14)15-4-1-5-16(11-15)24-17-13-20-9-10-21-17;;/h1,4-5,9-11,13-14,19H,2-3,6-8,12H2,(H,22,23);2*1H. The highest BCUT2D eigenvalue weighted by Crippen LogP contribution is 2.19. The Hall–Kier alpha value is -1.89. The van der Waals surface area contributed by atoms with Crippen molar-refractivity contribution in [2.45, 2.75) is 19.3 Å². The van der Waals surface area contributed by atoms with E-state index in [1.54, 1.807) is 36.7 Å². The molecule has 8 heteroatoms. The molecule has 1 aliphatic heterocycles. The fraction of sp³-hybridized carbons (Fsp3) is 0.389. The van der Waals surface area contributed by atoms with Crippen molar-refractivity contribution in [2.75, 3.05) is 19.6 Å². The van der Waals surface area contributed by atoms with Crippen molar-refractivity contribution in [1.29, 1.82) is 0 Å². The van der Waals surface area contributed by atoms with Gasteiger partial charge in [0.05, 0.1) is 6.20 Å². The topological polar surface area (TPSA) is 76.1 Å². The second kappa shape index (κ2) is 11.7. The number of carbonyl (C=O) groups is 1. The summed E-state index contributed by atoms with van der Waals surface area (Å²) in [6.45, 7) is 2.86. The van der Waals surface area contributed by atoms with Crippen molar-refractivity contribution in [3.63, 3.8) is 0 Å². The fourth-order valence-corrected chi connectivity index (χ4v) is 2.82. The lowest BCUT2D eigenvalue weighted by Crippen LogP contribution is -2.33. The number of halogens is 2. The van der Waals surface area contributed by atoms with E-state index in [0.717, 1.165) is 19.5 Å². The van der Waals surface area contributed by atoms with Gasteiger partial charge in [-0.15, -0.1) is 24.8 Å². The van der Waals surface area contributed by atoms with E-state index >= 15 is 0 Å². The predicted molar refractivity (Wildman–Crippen MR) is 106 cm³/mol. The molecule has 0 spiro atoms. The van der Waals surface area contributed by atoms with Crippen molar-refractivity contribution >= 4 is 30.7 Å². The molecule has 2 aromatic rings. The molecular weight excluding hydrogens is 375 g/mol. The molecule has 26 heavy (non-hydrogen) atoms. The van der Waals surface area contributed by atoms with Gasteiger partial charge in [0.15, 0.2) is 0 Å². The third-order valence-corrected chi connectivity index (χ3v) is 4.10. The van der Waals surface area contributed by atoms with Crippen molar-refractivity contribution in [3.05, 3.63) is 48.4 Å². The minimum Gasteiger partial charge on any atom is -0.437 e. The first kappa shape index (κ1) is 22.2. The lowest BCUT2D eigenvalue weighted by Gasteiger charge is -2.22. The Labute approximate surface area is 166 Å². The molecule has 2 N–H and O–H groups in total. The van der Waals surface area contributed by atoms with Gasteiger partial charge in [0.1, 0.15) is 5.75 Å². The Morgan fingerprint density at radius 2 is 2.19 bits per heavy atom. The summed E-state index contributed by atoms with van der Waals surface area (Å²) in [5.41, 5.74) is 0.582. The monoisotopic (exact) mass is 398 g/mol. The molecule has 1 aromatic carbocycles. The van der Waals surface area contributed by atoms with E-state index in [2.05, 4.69) is 20.6 Å². The summed E-state index contributed by atoms with van der Waals surface area (Å²) < 4.78 is 5.61.